The zero-order chi connectivity index (χ0) is 20.3. The van der Waals surface area contributed by atoms with E-state index in [1.165, 1.54) is 25.3 Å². The van der Waals surface area contributed by atoms with Crippen LogP contribution in [-0.2, 0) is 0 Å². The molecule has 0 saturated carbocycles. The van der Waals surface area contributed by atoms with E-state index in [9.17, 15) is 4.39 Å². The van der Waals surface area contributed by atoms with Crippen LogP contribution in [0.3, 0.4) is 0 Å². The van der Waals surface area contributed by atoms with Gasteiger partial charge in [-0.3, -0.25) is 0 Å². The number of halogens is 1. The van der Waals surface area contributed by atoms with Crippen molar-refractivity contribution < 1.29 is 4.39 Å². The number of alkyl halides is 1. The van der Waals surface area contributed by atoms with Crippen LogP contribution in [0.2, 0.25) is 0 Å². The van der Waals surface area contributed by atoms with E-state index in [-0.39, 0.29) is 0 Å². The zero-order valence-electron chi connectivity index (χ0n) is 17.2. The number of benzene rings is 1. The first-order valence-electron chi connectivity index (χ1n) is 10.3. The highest BCUT2D eigenvalue weighted by molar-refractivity contribution is 5.73. The van der Waals surface area contributed by atoms with E-state index in [4.69, 9.17) is 11.0 Å². The Kier molecular flexibility index (Phi) is 6.41. The lowest BCUT2D eigenvalue weighted by Gasteiger charge is -2.40. The molecule has 4 nitrogen and oxygen atoms in total. The van der Waals surface area contributed by atoms with Crippen LogP contribution in [0.25, 0.3) is 5.57 Å². The smallest absolute Gasteiger partial charge is 0.123 e. The summed E-state index contributed by atoms with van der Waals surface area (Å²) in [6, 6.07) is 7.85. The number of nitrogens with one attached hydrogen (secondary N) is 1. The van der Waals surface area contributed by atoms with Crippen LogP contribution in [0.4, 0.5) is 4.39 Å². The average molecular weight is 383 g/mol. The Labute approximate surface area is 167 Å². The second kappa shape index (κ2) is 8.79. The van der Waals surface area contributed by atoms with E-state index < -0.39 is 6.17 Å². The standard InChI is InChI=1S/C23H31FN4/c1-15(20-9-8-18(13-25)12-22(20)17(3)24)16(2)21-7-5-11-28(23(21)26)19-6-4-10-27-14-19/h8-9,12,17,19,27H,4-7,10-11,14,26H2,1-3H3/b16-15+/t17?,19-/m0/s1. The summed E-state index contributed by atoms with van der Waals surface area (Å²) in [5, 5.41) is 12.6. The van der Waals surface area contributed by atoms with Gasteiger partial charge in [0.05, 0.1) is 11.6 Å². The topological polar surface area (TPSA) is 65.1 Å². The van der Waals surface area contributed by atoms with E-state index in [1.54, 1.807) is 12.1 Å². The lowest BCUT2D eigenvalue weighted by Crippen LogP contribution is -2.49. The molecule has 0 spiro atoms. The summed E-state index contributed by atoms with van der Waals surface area (Å²) in [5.41, 5.74) is 11.9. The predicted molar refractivity (Wildman–Crippen MR) is 112 cm³/mol. The molecule has 1 fully saturated rings. The van der Waals surface area contributed by atoms with Gasteiger partial charge in [0.1, 0.15) is 12.0 Å². The Morgan fingerprint density at radius 2 is 2.11 bits per heavy atom. The molecule has 3 rings (SSSR count). The van der Waals surface area contributed by atoms with Crippen molar-refractivity contribution >= 4 is 5.57 Å². The average Bonchev–Trinajstić information content (AvgIpc) is 2.73. The number of hydrogen-bond acceptors (Lipinski definition) is 4. The van der Waals surface area contributed by atoms with Crippen molar-refractivity contribution in [2.45, 2.75) is 58.7 Å². The van der Waals surface area contributed by atoms with E-state index in [0.717, 1.165) is 55.0 Å². The first-order chi connectivity index (χ1) is 13.4. The molecule has 0 amide bonds. The predicted octanol–water partition coefficient (Wildman–Crippen LogP) is 4.40. The Morgan fingerprint density at radius 1 is 1.32 bits per heavy atom. The lowest BCUT2D eigenvalue weighted by atomic mass is 9.88. The largest absolute Gasteiger partial charge is 0.385 e. The number of nitrogens with zero attached hydrogens (tertiary/aromatic N) is 2. The van der Waals surface area contributed by atoms with Crippen molar-refractivity contribution in [3.63, 3.8) is 0 Å². The molecule has 2 aliphatic heterocycles. The fourth-order valence-electron chi connectivity index (χ4n) is 4.44. The van der Waals surface area contributed by atoms with Crippen molar-refractivity contribution in [1.29, 1.82) is 5.26 Å². The molecule has 2 atom stereocenters. The normalized spacial score (nSPS) is 22.5. The van der Waals surface area contributed by atoms with Gasteiger partial charge in [-0.25, -0.2) is 4.39 Å². The van der Waals surface area contributed by atoms with Gasteiger partial charge in [-0.15, -0.1) is 0 Å². The molecule has 150 valence electrons. The summed E-state index contributed by atoms with van der Waals surface area (Å²) in [7, 11) is 0. The van der Waals surface area contributed by atoms with Crippen molar-refractivity contribution in [1.82, 2.24) is 10.2 Å². The second-order valence-corrected chi connectivity index (χ2v) is 7.94. The van der Waals surface area contributed by atoms with Gasteiger partial charge in [0.15, 0.2) is 0 Å². The molecule has 28 heavy (non-hydrogen) atoms. The molecule has 0 aromatic heterocycles. The Balaban J connectivity index is 2.00. The van der Waals surface area contributed by atoms with Gasteiger partial charge in [-0.05, 0) is 93.0 Å². The second-order valence-electron chi connectivity index (χ2n) is 7.94. The van der Waals surface area contributed by atoms with Crippen molar-refractivity contribution in [2.24, 2.45) is 5.73 Å². The summed E-state index contributed by atoms with van der Waals surface area (Å²) in [6.07, 6.45) is 3.25. The van der Waals surface area contributed by atoms with Crippen LogP contribution >= 0.6 is 0 Å². The van der Waals surface area contributed by atoms with Crippen LogP contribution in [0.15, 0.2) is 35.2 Å². The van der Waals surface area contributed by atoms with Gasteiger partial charge in [-0.2, -0.15) is 5.26 Å². The molecule has 1 aromatic carbocycles. The highest BCUT2D eigenvalue weighted by atomic mass is 19.1. The SMILES string of the molecule is C/C(C1=C(N)N([C@H]2CCCNC2)CCC1)=C(/C)c1ccc(C#N)cc1C(C)F. The summed E-state index contributed by atoms with van der Waals surface area (Å²) in [5.74, 6) is 0.875. The van der Waals surface area contributed by atoms with Crippen molar-refractivity contribution in [2.75, 3.05) is 19.6 Å². The van der Waals surface area contributed by atoms with Gasteiger partial charge < -0.3 is 16.0 Å². The minimum atomic E-state index is -1.13. The molecule has 1 aromatic rings. The maximum absolute atomic E-state index is 14.3. The monoisotopic (exact) mass is 382 g/mol. The number of piperidine rings is 1. The van der Waals surface area contributed by atoms with E-state index in [2.05, 4.69) is 23.2 Å². The zero-order valence-corrected chi connectivity index (χ0v) is 17.2. The third-order valence-corrected chi connectivity index (χ3v) is 6.18. The van der Waals surface area contributed by atoms with Gasteiger partial charge in [0, 0.05) is 19.1 Å². The van der Waals surface area contributed by atoms with Crippen LogP contribution in [-0.4, -0.2) is 30.6 Å². The number of rotatable bonds is 4. The first-order valence-corrected chi connectivity index (χ1v) is 10.3. The summed E-state index contributed by atoms with van der Waals surface area (Å²) >= 11 is 0. The maximum atomic E-state index is 14.3. The minimum Gasteiger partial charge on any atom is -0.385 e. The van der Waals surface area contributed by atoms with Crippen LogP contribution in [0.1, 0.15) is 69.3 Å². The molecule has 2 heterocycles. The fraction of sp³-hybridized carbons (Fsp3) is 0.522. The van der Waals surface area contributed by atoms with Gasteiger partial charge >= 0.3 is 0 Å². The molecular formula is C23H31FN4. The Bertz CT molecular complexity index is 825. The van der Waals surface area contributed by atoms with E-state index >= 15 is 0 Å². The van der Waals surface area contributed by atoms with Crippen molar-refractivity contribution in [3.8, 4) is 6.07 Å². The van der Waals surface area contributed by atoms with E-state index in [1.807, 2.05) is 13.0 Å². The van der Waals surface area contributed by atoms with Crippen LogP contribution < -0.4 is 11.1 Å². The number of nitrogens with two attached hydrogens (primary N) is 1. The first kappa shape index (κ1) is 20.4. The number of hydrogen-bond donors (Lipinski definition) is 2. The van der Waals surface area contributed by atoms with Crippen LogP contribution in [0.5, 0.6) is 0 Å². The van der Waals surface area contributed by atoms with E-state index in [0.29, 0.717) is 17.2 Å². The molecule has 0 aliphatic carbocycles. The van der Waals surface area contributed by atoms with Crippen molar-refractivity contribution in [3.05, 3.63) is 51.9 Å². The molecule has 0 bridgehead atoms. The summed E-state index contributed by atoms with van der Waals surface area (Å²) < 4.78 is 14.3. The Morgan fingerprint density at radius 3 is 2.75 bits per heavy atom. The summed E-state index contributed by atoms with van der Waals surface area (Å²) in [6.45, 7) is 8.71. The third kappa shape index (κ3) is 4.07. The molecule has 0 radical (unpaired) electrons. The quantitative estimate of drug-likeness (QED) is 0.810. The fourth-order valence-corrected chi connectivity index (χ4v) is 4.44. The number of nitriles is 1. The van der Waals surface area contributed by atoms with Gasteiger partial charge in [0.25, 0.3) is 0 Å². The lowest BCUT2D eigenvalue weighted by molar-refractivity contribution is 0.195. The van der Waals surface area contributed by atoms with Crippen LogP contribution in [0, 0.1) is 11.3 Å². The highest BCUT2D eigenvalue weighted by Gasteiger charge is 2.27. The minimum absolute atomic E-state index is 0.452. The molecule has 5 heteroatoms. The highest BCUT2D eigenvalue weighted by Crippen LogP contribution is 2.35. The maximum Gasteiger partial charge on any atom is 0.123 e. The van der Waals surface area contributed by atoms with Gasteiger partial charge in [0.2, 0.25) is 0 Å². The molecular weight excluding hydrogens is 351 g/mol. The number of allylic oxidation sites excluding steroid dienone is 3. The molecule has 1 unspecified atom stereocenters. The Hall–Kier alpha value is -2.32. The molecule has 2 aliphatic rings. The molecule has 1 saturated heterocycles. The summed E-state index contributed by atoms with van der Waals surface area (Å²) in [4.78, 5) is 2.36. The van der Waals surface area contributed by atoms with Gasteiger partial charge in [-0.1, -0.05) is 6.07 Å². The third-order valence-electron chi connectivity index (χ3n) is 6.18. The molecule has 3 N–H and O–H groups in total.